The predicted octanol–water partition coefficient (Wildman–Crippen LogP) is 1.42. The normalized spacial score (nSPS) is 19.0. The average Bonchev–Trinajstić information content (AvgIpc) is 3.15. The first-order chi connectivity index (χ1) is 11.8. The molecule has 2 aromatic rings. The summed E-state index contributed by atoms with van der Waals surface area (Å²) >= 11 is 0. The van der Waals surface area contributed by atoms with Crippen molar-refractivity contribution in [2.24, 2.45) is 5.92 Å². The summed E-state index contributed by atoms with van der Waals surface area (Å²) in [6.07, 6.45) is 3.09. The van der Waals surface area contributed by atoms with Gasteiger partial charge in [-0.1, -0.05) is 5.16 Å². The van der Waals surface area contributed by atoms with Gasteiger partial charge in [0.2, 0.25) is 0 Å². The second-order valence-electron chi connectivity index (χ2n) is 6.60. The van der Waals surface area contributed by atoms with E-state index in [1.807, 2.05) is 19.9 Å². The molecule has 136 valence electrons. The molecule has 1 aliphatic heterocycles. The van der Waals surface area contributed by atoms with Crippen LogP contribution in [0.5, 0.6) is 0 Å². The summed E-state index contributed by atoms with van der Waals surface area (Å²) in [4.78, 5) is 8.69. The van der Waals surface area contributed by atoms with Crippen LogP contribution in [0.4, 0.5) is 0 Å². The van der Waals surface area contributed by atoms with Crippen LogP contribution in [0.25, 0.3) is 11.3 Å². The molecule has 0 amide bonds. The van der Waals surface area contributed by atoms with Crippen LogP contribution < -0.4 is 0 Å². The molecule has 1 fully saturated rings. The van der Waals surface area contributed by atoms with Crippen molar-refractivity contribution in [1.29, 1.82) is 0 Å². The van der Waals surface area contributed by atoms with Crippen LogP contribution in [0.15, 0.2) is 16.9 Å². The molecule has 0 radical (unpaired) electrons. The third-order valence-electron chi connectivity index (χ3n) is 4.55. The Morgan fingerprint density at radius 3 is 2.72 bits per heavy atom. The highest BCUT2D eigenvalue weighted by atomic mass is 32.2. The highest BCUT2D eigenvalue weighted by molar-refractivity contribution is 7.86. The molecule has 25 heavy (non-hydrogen) atoms. The van der Waals surface area contributed by atoms with Gasteiger partial charge in [-0.05, 0) is 38.7 Å². The van der Waals surface area contributed by atoms with E-state index in [0.29, 0.717) is 13.1 Å². The summed E-state index contributed by atoms with van der Waals surface area (Å²) < 4.78 is 32.5. The van der Waals surface area contributed by atoms with Crippen LogP contribution in [0.3, 0.4) is 0 Å². The lowest BCUT2D eigenvalue weighted by Gasteiger charge is -2.20. The molecule has 0 unspecified atom stereocenters. The van der Waals surface area contributed by atoms with Gasteiger partial charge in [0.25, 0.3) is 10.2 Å². The van der Waals surface area contributed by atoms with Crippen molar-refractivity contribution in [3.8, 4) is 11.3 Å². The lowest BCUT2D eigenvalue weighted by atomic mass is 10.0. The Balaban J connectivity index is 1.74. The minimum atomic E-state index is -3.34. The third kappa shape index (κ3) is 3.58. The molecule has 0 aliphatic carbocycles. The smallest absolute Gasteiger partial charge is 0.281 e. The summed E-state index contributed by atoms with van der Waals surface area (Å²) in [5, 5.41) is 3.97. The number of hydrogen-bond acceptors (Lipinski definition) is 6. The molecule has 9 heteroatoms. The zero-order valence-electron chi connectivity index (χ0n) is 14.9. The fourth-order valence-corrected chi connectivity index (χ4v) is 4.39. The van der Waals surface area contributed by atoms with Crippen LogP contribution in [0.1, 0.15) is 23.6 Å². The third-order valence-corrected chi connectivity index (χ3v) is 6.45. The predicted molar refractivity (Wildman–Crippen MR) is 93.0 cm³/mol. The van der Waals surface area contributed by atoms with Gasteiger partial charge < -0.3 is 4.52 Å². The average molecular weight is 365 g/mol. The fourth-order valence-electron chi connectivity index (χ4n) is 3.19. The van der Waals surface area contributed by atoms with Gasteiger partial charge in [0.15, 0.2) is 0 Å². The van der Waals surface area contributed by atoms with Crippen LogP contribution in [0, 0.1) is 19.8 Å². The van der Waals surface area contributed by atoms with Gasteiger partial charge in [-0.25, -0.2) is 9.97 Å². The standard InChI is InChI=1S/C16H23N5O3S/c1-11-16(12(2)24-19-11)15-8-14(17-10-18-15)7-13-5-6-21(9-13)25(22,23)20(3)4/h8,10,13H,5-7,9H2,1-4H3/t13-/m0/s1. The van der Waals surface area contributed by atoms with Crippen molar-refractivity contribution in [2.75, 3.05) is 27.2 Å². The van der Waals surface area contributed by atoms with Crippen LogP contribution in [0.2, 0.25) is 0 Å². The van der Waals surface area contributed by atoms with Crippen molar-refractivity contribution in [3.05, 3.63) is 29.5 Å². The van der Waals surface area contributed by atoms with E-state index < -0.39 is 10.2 Å². The summed E-state index contributed by atoms with van der Waals surface area (Å²) in [5.41, 5.74) is 3.38. The second-order valence-corrected chi connectivity index (χ2v) is 8.74. The number of hydrogen-bond donors (Lipinski definition) is 0. The molecule has 0 saturated carbocycles. The molecule has 2 aromatic heterocycles. The Hall–Kier alpha value is -1.84. The van der Waals surface area contributed by atoms with E-state index in [4.69, 9.17) is 4.52 Å². The SMILES string of the molecule is Cc1noc(C)c1-c1cc(C[C@@H]2CCN(S(=O)(=O)N(C)C)C2)ncn1. The molecule has 0 aromatic carbocycles. The van der Waals surface area contributed by atoms with Gasteiger partial charge in [-0.3, -0.25) is 0 Å². The van der Waals surface area contributed by atoms with Gasteiger partial charge in [0, 0.05) is 32.9 Å². The Labute approximate surface area is 148 Å². The minimum absolute atomic E-state index is 0.252. The van der Waals surface area contributed by atoms with Gasteiger partial charge in [0.05, 0.1) is 17.0 Å². The van der Waals surface area contributed by atoms with Crippen molar-refractivity contribution in [3.63, 3.8) is 0 Å². The zero-order valence-corrected chi connectivity index (χ0v) is 15.7. The second kappa shape index (κ2) is 6.81. The maximum atomic E-state index is 12.2. The van der Waals surface area contributed by atoms with Gasteiger partial charge in [-0.15, -0.1) is 0 Å². The van der Waals surface area contributed by atoms with Gasteiger partial charge in [0.1, 0.15) is 12.1 Å². The number of nitrogens with zero attached hydrogens (tertiary/aromatic N) is 5. The molecule has 3 heterocycles. The lowest BCUT2D eigenvalue weighted by Crippen LogP contribution is -2.38. The molecule has 8 nitrogen and oxygen atoms in total. The highest BCUT2D eigenvalue weighted by Crippen LogP contribution is 2.27. The number of rotatable bonds is 5. The van der Waals surface area contributed by atoms with Crippen molar-refractivity contribution in [2.45, 2.75) is 26.7 Å². The molecule has 1 saturated heterocycles. The summed E-state index contributed by atoms with van der Waals surface area (Å²) in [6.45, 7) is 4.81. The van der Waals surface area contributed by atoms with Crippen molar-refractivity contribution in [1.82, 2.24) is 23.7 Å². The van der Waals surface area contributed by atoms with E-state index >= 15 is 0 Å². The molecule has 0 spiro atoms. The molecule has 0 bridgehead atoms. The van der Waals surface area contributed by atoms with E-state index in [-0.39, 0.29) is 5.92 Å². The Kier molecular flexibility index (Phi) is 4.90. The van der Waals surface area contributed by atoms with Crippen LogP contribution in [-0.4, -0.2) is 59.3 Å². The Morgan fingerprint density at radius 2 is 2.08 bits per heavy atom. The summed E-state index contributed by atoms with van der Waals surface area (Å²) in [6, 6.07) is 1.94. The molecule has 3 rings (SSSR count). The Bertz CT molecular complexity index is 843. The van der Waals surface area contributed by atoms with E-state index in [1.54, 1.807) is 20.4 Å². The fraction of sp³-hybridized carbons (Fsp3) is 0.562. The molecular formula is C16H23N5O3S. The van der Waals surface area contributed by atoms with E-state index in [0.717, 1.165) is 41.2 Å². The van der Waals surface area contributed by atoms with Crippen LogP contribution in [-0.2, 0) is 16.6 Å². The van der Waals surface area contributed by atoms with E-state index in [2.05, 4.69) is 15.1 Å². The highest BCUT2D eigenvalue weighted by Gasteiger charge is 2.32. The van der Waals surface area contributed by atoms with Gasteiger partial charge >= 0.3 is 0 Å². The lowest BCUT2D eigenvalue weighted by molar-refractivity contribution is 0.393. The number of aryl methyl sites for hydroxylation is 2. The van der Waals surface area contributed by atoms with E-state index in [9.17, 15) is 8.42 Å². The first kappa shape index (κ1) is 18.0. The molecule has 0 N–H and O–H groups in total. The maximum Gasteiger partial charge on any atom is 0.281 e. The van der Waals surface area contributed by atoms with Crippen LogP contribution >= 0.6 is 0 Å². The zero-order chi connectivity index (χ0) is 18.2. The van der Waals surface area contributed by atoms with Crippen molar-refractivity contribution < 1.29 is 12.9 Å². The van der Waals surface area contributed by atoms with Crippen molar-refractivity contribution >= 4 is 10.2 Å². The van der Waals surface area contributed by atoms with Gasteiger partial charge in [-0.2, -0.15) is 17.0 Å². The topological polar surface area (TPSA) is 92.4 Å². The summed E-state index contributed by atoms with van der Waals surface area (Å²) in [5.74, 6) is 0.980. The quantitative estimate of drug-likeness (QED) is 0.796. The largest absolute Gasteiger partial charge is 0.361 e. The molecule has 1 aliphatic rings. The number of aromatic nitrogens is 3. The first-order valence-electron chi connectivity index (χ1n) is 8.20. The maximum absolute atomic E-state index is 12.2. The minimum Gasteiger partial charge on any atom is -0.361 e. The summed E-state index contributed by atoms with van der Waals surface area (Å²) in [7, 11) is -0.226. The first-order valence-corrected chi connectivity index (χ1v) is 9.60. The molecule has 1 atom stereocenters. The monoisotopic (exact) mass is 365 g/mol. The Morgan fingerprint density at radius 1 is 1.32 bits per heavy atom. The van der Waals surface area contributed by atoms with E-state index in [1.165, 1.54) is 8.61 Å². The molecular weight excluding hydrogens is 342 g/mol.